The molecule has 132 valence electrons. The summed E-state index contributed by atoms with van der Waals surface area (Å²) in [4.78, 5) is 13.7. The summed E-state index contributed by atoms with van der Waals surface area (Å²) in [7, 11) is 2.07. The summed E-state index contributed by atoms with van der Waals surface area (Å²) < 4.78 is 0. The summed E-state index contributed by atoms with van der Waals surface area (Å²) in [5.41, 5.74) is 4.24. The van der Waals surface area contributed by atoms with E-state index in [9.17, 15) is 0 Å². The van der Waals surface area contributed by atoms with Gasteiger partial charge in [0, 0.05) is 29.9 Å². The summed E-state index contributed by atoms with van der Waals surface area (Å²) in [5, 5.41) is 3.36. The second kappa shape index (κ2) is 10.9. The van der Waals surface area contributed by atoms with Gasteiger partial charge in [-0.2, -0.15) is 0 Å². The van der Waals surface area contributed by atoms with Gasteiger partial charge < -0.3 is 10.2 Å². The average Bonchev–Trinajstić information content (AvgIpc) is 2.97. The number of thioether (sulfide) groups is 1. The Bertz CT molecular complexity index is 640. The first-order chi connectivity index (χ1) is 11.1. The van der Waals surface area contributed by atoms with Crippen molar-refractivity contribution in [1.82, 2.24) is 15.2 Å². The molecule has 0 aliphatic rings. The van der Waals surface area contributed by atoms with Crippen LogP contribution < -0.4 is 5.32 Å². The van der Waals surface area contributed by atoms with Crippen LogP contribution in [0.4, 0.5) is 0 Å². The van der Waals surface area contributed by atoms with Crippen molar-refractivity contribution in [2.75, 3.05) is 19.8 Å². The monoisotopic (exact) mass is 476 g/mol. The van der Waals surface area contributed by atoms with Gasteiger partial charge in [0.15, 0.2) is 5.96 Å². The molecule has 0 radical (unpaired) electrons. The van der Waals surface area contributed by atoms with Gasteiger partial charge in [0.25, 0.3) is 0 Å². The zero-order valence-corrected chi connectivity index (χ0v) is 18.5. The molecule has 1 aromatic carbocycles. The summed E-state index contributed by atoms with van der Waals surface area (Å²) in [6, 6.07) is 8.69. The first-order valence-corrected chi connectivity index (χ1v) is 9.75. The third-order valence-corrected chi connectivity index (χ3v) is 5.16. The zero-order valence-electron chi connectivity index (χ0n) is 14.6. The highest BCUT2D eigenvalue weighted by Gasteiger charge is 2.08. The number of rotatable bonds is 6. The molecule has 1 heterocycles. The maximum Gasteiger partial charge on any atom is 0.194 e. The van der Waals surface area contributed by atoms with Crippen molar-refractivity contribution in [2.24, 2.45) is 4.99 Å². The number of hydrogen-bond donors (Lipinski definition) is 1. The predicted octanol–water partition coefficient (Wildman–Crippen LogP) is 4.39. The molecule has 0 spiro atoms. The Morgan fingerprint density at radius 2 is 2.04 bits per heavy atom. The van der Waals surface area contributed by atoms with Crippen molar-refractivity contribution in [1.29, 1.82) is 0 Å². The molecule has 1 aromatic heterocycles. The van der Waals surface area contributed by atoms with E-state index in [1.165, 1.54) is 15.3 Å². The Hall–Kier alpha value is -0.800. The van der Waals surface area contributed by atoms with Gasteiger partial charge in [-0.25, -0.2) is 9.98 Å². The largest absolute Gasteiger partial charge is 0.357 e. The van der Waals surface area contributed by atoms with Crippen molar-refractivity contribution in [2.45, 2.75) is 31.8 Å². The van der Waals surface area contributed by atoms with E-state index in [4.69, 9.17) is 4.99 Å². The van der Waals surface area contributed by atoms with Crippen LogP contribution in [0.1, 0.15) is 23.1 Å². The van der Waals surface area contributed by atoms with E-state index in [2.05, 4.69) is 59.7 Å². The molecular weight excluding hydrogens is 451 g/mol. The number of aliphatic imine (C=N–C) groups is 1. The minimum atomic E-state index is 0. The Morgan fingerprint density at radius 3 is 2.58 bits per heavy atom. The summed E-state index contributed by atoms with van der Waals surface area (Å²) in [6.07, 6.45) is 2.10. The van der Waals surface area contributed by atoms with Crippen molar-refractivity contribution < 1.29 is 0 Å². The minimum Gasteiger partial charge on any atom is -0.357 e. The SMILES string of the molecule is CCNC(=NCc1scnc1C)N(C)Cc1ccc(SC)cc1.I. The Kier molecular flexibility index (Phi) is 9.68. The molecule has 0 fully saturated rings. The summed E-state index contributed by atoms with van der Waals surface area (Å²) >= 11 is 3.43. The molecule has 0 amide bonds. The van der Waals surface area contributed by atoms with Crippen LogP contribution >= 0.6 is 47.1 Å². The molecule has 2 aromatic rings. The smallest absolute Gasteiger partial charge is 0.194 e. The van der Waals surface area contributed by atoms with Crippen LogP contribution in [0.15, 0.2) is 39.7 Å². The lowest BCUT2D eigenvalue weighted by Gasteiger charge is -2.22. The number of thiazole rings is 1. The van der Waals surface area contributed by atoms with Crippen molar-refractivity contribution in [3.63, 3.8) is 0 Å². The third kappa shape index (κ3) is 6.25. The summed E-state index contributed by atoms with van der Waals surface area (Å²) in [6.45, 7) is 6.49. The maximum absolute atomic E-state index is 4.74. The number of nitrogens with one attached hydrogen (secondary N) is 1. The molecule has 0 aliphatic carbocycles. The van der Waals surface area contributed by atoms with E-state index in [-0.39, 0.29) is 24.0 Å². The molecule has 7 heteroatoms. The number of aryl methyl sites for hydroxylation is 1. The number of nitrogens with zero attached hydrogens (tertiary/aromatic N) is 3. The predicted molar refractivity (Wildman–Crippen MR) is 117 cm³/mol. The first kappa shape index (κ1) is 21.2. The fourth-order valence-corrected chi connectivity index (χ4v) is 3.28. The van der Waals surface area contributed by atoms with Crippen molar-refractivity contribution in [3.05, 3.63) is 45.9 Å². The van der Waals surface area contributed by atoms with E-state index in [0.29, 0.717) is 6.54 Å². The average molecular weight is 476 g/mol. The van der Waals surface area contributed by atoms with Crippen LogP contribution in [0, 0.1) is 6.92 Å². The van der Waals surface area contributed by atoms with Gasteiger partial charge in [-0.15, -0.1) is 47.1 Å². The molecule has 0 saturated heterocycles. The van der Waals surface area contributed by atoms with Crippen LogP contribution in [-0.4, -0.2) is 35.7 Å². The second-order valence-electron chi connectivity index (χ2n) is 5.24. The number of hydrogen-bond acceptors (Lipinski definition) is 4. The highest BCUT2D eigenvalue weighted by molar-refractivity contribution is 14.0. The van der Waals surface area contributed by atoms with E-state index in [1.54, 1.807) is 23.1 Å². The molecule has 1 N–H and O–H groups in total. The normalized spacial score (nSPS) is 11.1. The standard InChI is InChI=1S/C17H24N4S2.HI/c1-5-18-17(19-10-16-13(2)20-12-23-16)21(3)11-14-6-8-15(22-4)9-7-14;/h6-9,12H,5,10-11H2,1-4H3,(H,18,19);1H. The number of benzene rings is 1. The highest BCUT2D eigenvalue weighted by atomic mass is 127. The molecule has 4 nitrogen and oxygen atoms in total. The Morgan fingerprint density at radius 1 is 1.33 bits per heavy atom. The summed E-state index contributed by atoms with van der Waals surface area (Å²) in [5.74, 6) is 0.925. The van der Waals surface area contributed by atoms with E-state index in [0.717, 1.165) is 24.7 Å². The van der Waals surface area contributed by atoms with Crippen molar-refractivity contribution in [3.8, 4) is 0 Å². The Balaban J connectivity index is 0.00000288. The van der Waals surface area contributed by atoms with E-state index < -0.39 is 0 Å². The lowest BCUT2D eigenvalue weighted by Crippen LogP contribution is -2.38. The molecule has 0 atom stereocenters. The van der Waals surface area contributed by atoms with E-state index in [1.807, 2.05) is 12.4 Å². The molecule has 24 heavy (non-hydrogen) atoms. The molecule has 0 unspecified atom stereocenters. The fourth-order valence-electron chi connectivity index (χ4n) is 2.17. The minimum absolute atomic E-state index is 0. The van der Waals surface area contributed by atoms with Gasteiger partial charge >= 0.3 is 0 Å². The Labute approximate surface area is 170 Å². The lowest BCUT2D eigenvalue weighted by atomic mass is 10.2. The van der Waals surface area contributed by atoms with Gasteiger partial charge in [-0.3, -0.25) is 0 Å². The molecule has 2 rings (SSSR count). The number of aromatic nitrogens is 1. The second-order valence-corrected chi connectivity index (χ2v) is 7.05. The van der Waals surface area contributed by atoms with Gasteiger partial charge in [0.1, 0.15) is 0 Å². The van der Waals surface area contributed by atoms with Gasteiger partial charge in [0.05, 0.1) is 17.7 Å². The third-order valence-electron chi connectivity index (χ3n) is 3.49. The van der Waals surface area contributed by atoms with E-state index >= 15 is 0 Å². The van der Waals surface area contributed by atoms with Crippen LogP contribution in [0.3, 0.4) is 0 Å². The van der Waals surface area contributed by atoms with Gasteiger partial charge in [0.2, 0.25) is 0 Å². The fraction of sp³-hybridized carbons (Fsp3) is 0.412. The molecular formula is C17H25IN4S2. The van der Waals surface area contributed by atoms with Crippen molar-refractivity contribution >= 4 is 53.0 Å². The zero-order chi connectivity index (χ0) is 16.7. The van der Waals surface area contributed by atoms with Gasteiger partial charge in [-0.1, -0.05) is 12.1 Å². The molecule has 0 bridgehead atoms. The van der Waals surface area contributed by atoms with Gasteiger partial charge in [-0.05, 0) is 37.8 Å². The van der Waals surface area contributed by atoms with Crippen LogP contribution in [0.2, 0.25) is 0 Å². The first-order valence-electron chi connectivity index (χ1n) is 7.65. The molecule has 0 aliphatic heterocycles. The van der Waals surface area contributed by atoms with Crippen LogP contribution in [0.25, 0.3) is 0 Å². The molecule has 0 saturated carbocycles. The number of halogens is 1. The number of guanidine groups is 1. The topological polar surface area (TPSA) is 40.5 Å². The van der Waals surface area contributed by atoms with Crippen LogP contribution in [-0.2, 0) is 13.1 Å². The van der Waals surface area contributed by atoms with Crippen LogP contribution in [0.5, 0.6) is 0 Å². The highest BCUT2D eigenvalue weighted by Crippen LogP contribution is 2.16. The lowest BCUT2D eigenvalue weighted by molar-refractivity contribution is 0.476. The quantitative estimate of drug-likeness (QED) is 0.291. The maximum atomic E-state index is 4.74.